The maximum absolute atomic E-state index is 4.60. The number of aryl methyl sites for hydroxylation is 4. The van der Waals surface area contributed by atoms with E-state index in [0.29, 0.717) is 0 Å². The van der Waals surface area contributed by atoms with Crippen LogP contribution >= 0.6 is 0 Å². The lowest BCUT2D eigenvalue weighted by atomic mass is 9.77. The molecule has 0 heteroatoms. The molecule has 2 aromatic carbocycles. The number of allylic oxidation sites excluding steroid dienone is 3. The predicted molar refractivity (Wildman–Crippen MR) is 134 cm³/mol. The Bertz CT molecular complexity index is 968. The van der Waals surface area contributed by atoms with Crippen LogP contribution in [0.3, 0.4) is 0 Å². The van der Waals surface area contributed by atoms with Crippen molar-refractivity contribution in [3.63, 3.8) is 0 Å². The molecule has 0 amide bonds. The molecule has 0 atom stereocenters. The SMILES string of the molecule is C=CCCc1cc(C=C2CCc3cc(CC)c(CC)c(CC)c3C2=C)ccc1CC. The average Bonchev–Trinajstić information content (AvgIpc) is 2.78. The molecule has 1 aliphatic rings. The van der Waals surface area contributed by atoms with Crippen LogP contribution in [0.4, 0.5) is 0 Å². The summed E-state index contributed by atoms with van der Waals surface area (Å²) in [6.07, 6.45) is 13.1. The van der Waals surface area contributed by atoms with Gasteiger partial charge in [0.1, 0.15) is 0 Å². The third kappa shape index (κ3) is 4.38. The number of benzene rings is 2. The van der Waals surface area contributed by atoms with Crippen LogP contribution in [0.5, 0.6) is 0 Å². The van der Waals surface area contributed by atoms with E-state index in [4.69, 9.17) is 0 Å². The van der Waals surface area contributed by atoms with Crippen LogP contribution in [0, 0.1) is 0 Å². The molecule has 2 aromatic rings. The van der Waals surface area contributed by atoms with Gasteiger partial charge < -0.3 is 0 Å². The highest BCUT2D eigenvalue weighted by molar-refractivity contribution is 5.88. The molecule has 0 heterocycles. The smallest absolute Gasteiger partial charge is 0.0120 e. The van der Waals surface area contributed by atoms with Gasteiger partial charge in [0.25, 0.3) is 0 Å². The maximum atomic E-state index is 4.60. The van der Waals surface area contributed by atoms with Gasteiger partial charge in [0, 0.05) is 0 Å². The van der Waals surface area contributed by atoms with Crippen LogP contribution in [0.25, 0.3) is 11.6 Å². The van der Waals surface area contributed by atoms with E-state index in [1.807, 2.05) is 6.08 Å². The molecular weight excluding hydrogens is 360 g/mol. The molecular formula is C30H38. The second-order valence-electron chi connectivity index (χ2n) is 8.44. The standard InChI is InChI=1S/C30H38/c1-7-12-13-26-19-22(14-15-23(26)8-2)18-25-16-17-27-20-24(9-3)28(10-4)29(11-5)30(27)21(25)6/h7,14-15,18-20H,1,6,8-13,16-17H2,2-5H3. The van der Waals surface area contributed by atoms with Crippen molar-refractivity contribution in [2.75, 3.05) is 0 Å². The number of hydrogen-bond donors (Lipinski definition) is 0. The van der Waals surface area contributed by atoms with E-state index < -0.39 is 0 Å². The molecule has 0 aliphatic heterocycles. The summed E-state index contributed by atoms with van der Waals surface area (Å²) >= 11 is 0. The monoisotopic (exact) mass is 398 g/mol. The summed E-state index contributed by atoms with van der Waals surface area (Å²) in [5.41, 5.74) is 14.5. The van der Waals surface area contributed by atoms with E-state index >= 15 is 0 Å². The first-order valence-electron chi connectivity index (χ1n) is 11.9. The zero-order valence-corrected chi connectivity index (χ0v) is 19.5. The van der Waals surface area contributed by atoms with E-state index in [-0.39, 0.29) is 0 Å². The largest absolute Gasteiger partial charge is 0.103 e. The van der Waals surface area contributed by atoms with E-state index in [0.717, 1.165) is 51.4 Å². The summed E-state index contributed by atoms with van der Waals surface area (Å²) in [7, 11) is 0. The first kappa shape index (κ1) is 22.3. The Hall–Kier alpha value is -2.34. The minimum Gasteiger partial charge on any atom is -0.103 e. The van der Waals surface area contributed by atoms with E-state index in [2.05, 4.69) is 71.2 Å². The molecule has 0 radical (unpaired) electrons. The van der Waals surface area contributed by atoms with Gasteiger partial charge in [-0.05, 0) is 107 Å². The average molecular weight is 399 g/mol. The lowest BCUT2D eigenvalue weighted by Crippen LogP contribution is -2.12. The number of hydrogen-bond acceptors (Lipinski definition) is 0. The predicted octanol–water partition coefficient (Wildman–Crippen LogP) is 8.10. The summed E-state index contributed by atoms with van der Waals surface area (Å²) in [5, 5.41) is 0. The fraction of sp³-hybridized carbons (Fsp3) is 0.400. The molecule has 0 N–H and O–H groups in total. The lowest BCUT2D eigenvalue weighted by molar-refractivity contribution is 0.900. The first-order valence-corrected chi connectivity index (χ1v) is 11.9. The van der Waals surface area contributed by atoms with Crippen molar-refractivity contribution in [1.82, 2.24) is 0 Å². The quantitative estimate of drug-likeness (QED) is 0.394. The normalized spacial score (nSPS) is 14.8. The molecule has 0 saturated carbocycles. The van der Waals surface area contributed by atoms with Gasteiger partial charge in [-0.2, -0.15) is 0 Å². The molecule has 3 rings (SSSR count). The molecule has 0 unspecified atom stereocenters. The van der Waals surface area contributed by atoms with Crippen LogP contribution in [-0.4, -0.2) is 0 Å². The first-order chi connectivity index (χ1) is 14.6. The highest BCUT2D eigenvalue weighted by Crippen LogP contribution is 2.40. The van der Waals surface area contributed by atoms with Gasteiger partial charge in [-0.1, -0.05) is 70.7 Å². The zero-order valence-electron chi connectivity index (χ0n) is 19.5. The fourth-order valence-corrected chi connectivity index (χ4v) is 5.14. The van der Waals surface area contributed by atoms with Crippen molar-refractivity contribution < 1.29 is 0 Å². The van der Waals surface area contributed by atoms with E-state index in [1.165, 1.54) is 50.1 Å². The molecule has 1 aliphatic carbocycles. The topological polar surface area (TPSA) is 0 Å². The van der Waals surface area contributed by atoms with Gasteiger partial charge >= 0.3 is 0 Å². The van der Waals surface area contributed by atoms with Crippen LogP contribution in [0.1, 0.15) is 85.0 Å². The van der Waals surface area contributed by atoms with Crippen molar-refractivity contribution in [2.24, 2.45) is 0 Å². The van der Waals surface area contributed by atoms with Crippen LogP contribution in [0.2, 0.25) is 0 Å². The van der Waals surface area contributed by atoms with Crippen LogP contribution in [0.15, 0.2) is 49.1 Å². The van der Waals surface area contributed by atoms with Gasteiger partial charge in [0.2, 0.25) is 0 Å². The zero-order chi connectivity index (χ0) is 21.7. The molecule has 0 nitrogen and oxygen atoms in total. The Morgan fingerprint density at radius 2 is 1.57 bits per heavy atom. The van der Waals surface area contributed by atoms with Gasteiger partial charge in [-0.15, -0.1) is 6.58 Å². The summed E-state index contributed by atoms with van der Waals surface area (Å²) in [6.45, 7) is 17.6. The fourth-order valence-electron chi connectivity index (χ4n) is 5.14. The number of fused-ring (bicyclic) bond motifs is 1. The summed E-state index contributed by atoms with van der Waals surface area (Å²) in [6, 6.07) is 9.45. The highest BCUT2D eigenvalue weighted by atomic mass is 14.3. The molecule has 0 bridgehead atoms. The van der Waals surface area contributed by atoms with Gasteiger partial charge in [0.15, 0.2) is 0 Å². The molecule has 0 aromatic heterocycles. The summed E-state index contributed by atoms with van der Waals surface area (Å²) in [5.74, 6) is 0. The third-order valence-corrected chi connectivity index (χ3v) is 6.73. The Balaban J connectivity index is 2.03. The third-order valence-electron chi connectivity index (χ3n) is 6.73. The van der Waals surface area contributed by atoms with Gasteiger partial charge in [-0.25, -0.2) is 0 Å². The van der Waals surface area contributed by atoms with Crippen LogP contribution < -0.4 is 0 Å². The van der Waals surface area contributed by atoms with Crippen molar-refractivity contribution in [2.45, 2.75) is 79.1 Å². The highest BCUT2D eigenvalue weighted by Gasteiger charge is 2.23. The van der Waals surface area contributed by atoms with Crippen molar-refractivity contribution >= 4 is 11.6 Å². The Labute approximate surface area is 184 Å². The minimum absolute atomic E-state index is 1.03. The lowest BCUT2D eigenvalue weighted by Gasteiger charge is -2.28. The Morgan fingerprint density at radius 3 is 2.20 bits per heavy atom. The van der Waals surface area contributed by atoms with Crippen molar-refractivity contribution in [3.8, 4) is 0 Å². The van der Waals surface area contributed by atoms with Crippen molar-refractivity contribution in [1.29, 1.82) is 0 Å². The molecule has 0 spiro atoms. The summed E-state index contributed by atoms with van der Waals surface area (Å²) < 4.78 is 0. The second-order valence-corrected chi connectivity index (χ2v) is 8.44. The van der Waals surface area contributed by atoms with E-state index in [9.17, 15) is 0 Å². The molecule has 0 fully saturated rings. The summed E-state index contributed by atoms with van der Waals surface area (Å²) in [4.78, 5) is 0. The van der Waals surface area contributed by atoms with E-state index in [1.54, 1.807) is 5.56 Å². The maximum Gasteiger partial charge on any atom is -0.0120 e. The molecule has 0 saturated heterocycles. The van der Waals surface area contributed by atoms with Gasteiger partial charge in [-0.3, -0.25) is 0 Å². The Kier molecular flexibility index (Phi) is 7.53. The Morgan fingerprint density at radius 1 is 0.833 bits per heavy atom. The molecule has 30 heavy (non-hydrogen) atoms. The van der Waals surface area contributed by atoms with Crippen LogP contribution in [-0.2, 0) is 38.5 Å². The minimum atomic E-state index is 1.03. The number of rotatable bonds is 8. The second kappa shape index (κ2) is 10.1. The molecule has 158 valence electrons. The van der Waals surface area contributed by atoms with Crippen molar-refractivity contribution in [3.05, 3.63) is 93.6 Å². The van der Waals surface area contributed by atoms with Gasteiger partial charge in [0.05, 0.1) is 0 Å².